The quantitative estimate of drug-likeness (QED) is 0.188. The molecule has 0 aliphatic carbocycles. The summed E-state index contributed by atoms with van der Waals surface area (Å²) in [5.74, 6) is 0.121. The Balaban J connectivity index is 1.49. The third kappa shape index (κ3) is 9.92. The Morgan fingerprint density at radius 1 is 0.867 bits per heavy atom. The number of amides is 4. The van der Waals surface area contributed by atoms with Gasteiger partial charge in [-0.05, 0) is 47.4 Å². The van der Waals surface area contributed by atoms with Crippen molar-refractivity contribution in [1.29, 1.82) is 0 Å². The van der Waals surface area contributed by atoms with Gasteiger partial charge in [0, 0.05) is 64.3 Å². The largest absolute Gasteiger partial charge is 0.489 e. The predicted octanol–water partition coefficient (Wildman–Crippen LogP) is 3.73. The van der Waals surface area contributed by atoms with Gasteiger partial charge in [0.25, 0.3) is 0 Å². The number of hydrogen-bond acceptors (Lipinski definition) is 6. The molecule has 0 aliphatic rings. The molecule has 2 aromatic carbocycles. The Hall–Kier alpha value is -5.19. The van der Waals surface area contributed by atoms with Crippen molar-refractivity contribution in [2.45, 2.75) is 51.4 Å². The number of nitrogens with zero attached hydrogens (tertiary/aromatic N) is 4. The molecule has 0 bridgehead atoms. The minimum atomic E-state index is -0.943. The highest BCUT2D eigenvalue weighted by Crippen LogP contribution is 2.18. The Kier molecular flexibility index (Phi) is 12.1. The van der Waals surface area contributed by atoms with Gasteiger partial charge in [0.05, 0.1) is 6.33 Å². The van der Waals surface area contributed by atoms with Crippen LogP contribution in [0, 0.1) is 0 Å². The molecule has 0 saturated carbocycles. The molecule has 4 aromatic rings. The molecule has 3 N–H and O–H groups in total. The first-order valence-corrected chi connectivity index (χ1v) is 15.0. The lowest BCUT2D eigenvalue weighted by molar-refractivity contribution is -0.144. The smallest absolute Gasteiger partial charge is 0.315 e. The molecule has 236 valence electrons. The number of urea groups is 1. The maximum Gasteiger partial charge on any atom is 0.315 e. The van der Waals surface area contributed by atoms with Crippen LogP contribution in [0.25, 0.3) is 0 Å². The molecule has 11 nitrogen and oxygen atoms in total. The molecule has 2 unspecified atom stereocenters. The molecule has 0 saturated heterocycles. The van der Waals surface area contributed by atoms with E-state index in [0.29, 0.717) is 31.1 Å². The monoisotopic (exact) mass is 611 g/mol. The Morgan fingerprint density at radius 2 is 1.60 bits per heavy atom. The topological polar surface area (TPSA) is 133 Å². The summed E-state index contributed by atoms with van der Waals surface area (Å²) in [4.78, 5) is 54.8. The standard InChI is InChI=1S/C34H41N7O4/c1-4-18-40(2)33(43)31(19-25-10-12-29(13-11-25)45-23-27-14-16-35-17-15-27)41(3)32(42)30(20-28-22-36-24-38-28)39-34(44)37-21-26-8-6-5-7-9-26/h5-17,22,24,30-31H,4,18-21,23H2,1-3H3,(H,36,38)(H2,37,39,44). The van der Waals surface area contributed by atoms with Gasteiger partial charge >= 0.3 is 6.03 Å². The third-order valence-corrected chi connectivity index (χ3v) is 7.42. The number of aromatic amines is 1. The normalized spacial score (nSPS) is 12.1. The average Bonchev–Trinajstić information content (AvgIpc) is 3.59. The number of likely N-dealkylation sites (N-methyl/N-ethyl adjacent to an activating group) is 2. The van der Waals surface area contributed by atoms with Crippen molar-refractivity contribution in [2.24, 2.45) is 0 Å². The number of nitrogens with one attached hydrogen (secondary N) is 3. The molecule has 2 atom stereocenters. The summed E-state index contributed by atoms with van der Waals surface area (Å²) in [5.41, 5.74) is 3.48. The van der Waals surface area contributed by atoms with Gasteiger partial charge in [0.2, 0.25) is 11.8 Å². The first-order valence-electron chi connectivity index (χ1n) is 15.0. The van der Waals surface area contributed by atoms with E-state index in [4.69, 9.17) is 4.74 Å². The zero-order valence-electron chi connectivity index (χ0n) is 26.0. The third-order valence-electron chi connectivity index (χ3n) is 7.42. The van der Waals surface area contributed by atoms with E-state index in [0.717, 1.165) is 23.1 Å². The maximum absolute atomic E-state index is 14.0. The van der Waals surface area contributed by atoms with Crippen LogP contribution < -0.4 is 15.4 Å². The van der Waals surface area contributed by atoms with E-state index in [1.165, 1.54) is 11.2 Å². The maximum atomic E-state index is 14.0. The molecule has 45 heavy (non-hydrogen) atoms. The number of benzene rings is 2. The number of pyridine rings is 1. The van der Waals surface area contributed by atoms with E-state index in [2.05, 4.69) is 25.6 Å². The van der Waals surface area contributed by atoms with Gasteiger partial charge in [-0.1, -0.05) is 49.4 Å². The molecule has 4 rings (SSSR count). The SMILES string of the molecule is CCCN(C)C(=O)C(Cc1ccc(OCc2ccncc2)cc1)N(C)C(=O)C(Cc1cnc[nH]1)NC(=O)NCc1ccccc1. The fourth-order valence-corrected chi connectivity index (χ4v) is 4.88. The van der Waals surface area contributed by atoms with Crippen LogP contribution in [0.5, 0.6) is 5.75 Å². The number of aromatic nitrogens is 3. The second-order valence-corrected chi connectivity index (χ2v) is 10.9. The summed E-state index contributed by atoms with van der Waals surface area (Å²) in [6, 6.07) is 18.6. The van der Waals surface area contributed by atoms with Gasteiger partial charge < -0.3 is 30.2 Å². The highest BCUT2D eigenvalue weighted by molar-refractivity contribution is 5.92. The molecular weight excluding hydrogens is 570 g/mol. The number of rotatable bonds is 15. The average molecular weight is 612 g/mol. The van der Waals surface area contributed by atoms with Crippen LogP contribution >= 0.6 is 0 Å². The van der Waals surface area contributed by atoms with Crippen molar-refractivity contribution in [3.63, 3.8) is 0 Å². The lowest BCUT2D eigenvalue weighted by Gasteiger charge is -2.33. The molecule has 4 amide bonds. The van der Waals surface area contributed by atoms with Crippen molar-refractivity contribution in [3.05, 3.63) is 114 Å². The summed E-state index contributed by atoms with van der Waals surface area (Å²) in [6.07, 6.45) is 7.82. The van der Waals surface area contributed by atoms with Gasteiger partial charge in [0.15, 0.2) is 0 Å². The molecular formula is C34H41N7O4. The Morgan fingerprint density at radius 3 is 2.27 bits per heavy atom. The van der Waals surface area contributed by atoms with Crippen LogP contribution in [0.15, 0.2) is 91.6 Å². The van der Waals surface area contributed by atoms with Crippen LogP contribution in [-0.2, 0) is 35.6 Å². The van der Waals surface area contributed by atoms with Crippen molar-refractivity contribution >= 4 is 17.8 Å². The summed E-state index contributed by atoms with van der Waals surface area (Å²) >= 11 is 0. The summed E-state index contributed by atoms with van der Waals surface area (Å²) in [6.45, 7) is 3.26. The van der Waals surface area contributed by atoms with E-state index in [1.54, 1.807) is 37.6 Å². The van der Waals surface area contributed by atoms with Gasteiger partial charge in [0.1, 0.15) is 24.4 Å². The molecule has 0 spiro atoms. The van der Waals surface area contributed by atoms with Crippen molar-refractivity contribution < 1.29 is 19.1 Å². The van der Waals surface area contributed by atoms with Gasteiger partial charge in [-0.3, -0.25) is 14.6 Å². The number of carbonyl (C=O) groups is 3. The fraction of sp³-hybridized carbons (Fsp3) is 0.324. The highest BCUT2D eigenvalue weighted by atomic mass is 16.5. The molecule has 2 heterocycles. The van der Waals surface area contributed by atoms with Gasteiger partial charge in [-0.25, -0.2) is 9.78 Å². The molecule has 0 aliphatic heterocycles. The number of H-pyrrole nitrogens is 1. The molecule has 0 fully saturated rings. The number of ether oxygens (including phenoxy) is 1. The Labute approximate surface area is 264 Å². The van der Waals surface area contributed by atoms with E-state index < -0.39 is 18.1 Å². The number of imidazole rings is 1. The summed E-state index contributed by atoms with van der Waals surface area (Å²) < 4.78 is 5.90. The van der Waals surface area contributed by atoms with Crippen molar-refractivity contribution in [2.75, 3.05) is 20.6 Å². The minimum Gasteiger partial charge on any atom is -0.489 e. The van der Waals surface area contributed by atoms with Crippen LogP contribution in [-0.4, -0.2) is 75.3 Å². The van der Waals surface area contributed by atoms with E-state index in [1.807, 2.05) is 73.7 Å². The number of carbonyl (C=O) groups excluding carboxylic acids is 3. The minimum absolute atomic E-state index is 0.178. The molecule has 11 heteroatoms. The van der Waals surface area contributed by atoms with Crippen LogP contribution in [0.2, 0.25) is 0 Å². The first kappa shape index (κ1) is 32.7. The first-order chi connectivity index (χ1) is 21.8. The van der Waals surface area contributed by atoms with Gasteiger partial charge in [-0.15, -0.1) is 0 Å². The zero-order valence-corrected chi connectivity index (χ0v) is 26.0. The fourth-order valence-electron chi connectivity index (χ4n) is 4.88. The van der Waals surface area contributed by atoms with Gasteiger partial charge in [-0.2, -0.15) is 0 Å². The van der Waals surface area contributed by atoms with Crippen LogP contribution in [0.3, 0.4) is 0 Å². The van der Waals surface area contributed by atoms with E-state index in [9.17, 15) is 14.4 Å². The Bertz CT molecular complexity index is 1480. The lowest BCUT2D eigenvalue weighted by Crippen LogP contribution is -2.57. The second-order valence-electron chi connectivity index (χ2n) is 10.9. The van der Waals surface area contributed by atoms with Crippen molar-refractivity contribution in [1.82, 2.24) is 35.4 Å². The van der Waals surface area contributed by atoms with E-state index >= 15 is 0 Å². The van der Waals surface area contributed by atoms with E-state index in [-0.39, 0.29) is 24.7 Å². The molecule has 2 aromatic heterocycles. The number of hydrogen-bond donors (Lipinski definition) is 3. The second kappa shape index (κ2) is 16.6. The predicted molar refractivity (Wildman–Crippen MR) is 171 cm³/mol. The zero-order chi connectivity index (χ0) is 32.0. The lowest BCUT2D eigenvalue weighted by atomic mass is 10.0. The van der Waals surface area contributed by atoms with Crippen LogP contribution in [0.4, 0.5) is 4.79 Å². The summed E-state index contributed by atoms with van der Waals surface area (Å²) in [7, 11) is 3.35. The summed E-state index contributed by atoms with van der Waals surface area (Å²) in [5, 5.41) is 5.64. The van der Waals surface area contributed by atoms with Crippen LogP contribution in [0.1, 0.15) is 35.7 Å². The van der Waals surface area contributed by atoms with Crippen molar-refractivity contribution in [3.8, 4) is 5.75 Å². The molecule has 0 radical (unpaired) electrons. The highest BCUT2D eigenvalue weighted by Gasteiger charge is 2.34.